The van der Waals surface area contributed by atoms with E-state index in [1.807, 2.05) is 0 Å². The molecule has 5 heteroatoms. The summed E-state index contributed by atoms with van der Waals surface area (Å²) >= 11 is 0. The van der Waals surface area contributed by atoms with Crippen LogP contribution < -0.4 is 0 Å². The molecule has 1 N–H and O–H groups in total. The highest BCUT2D eigenvalue weighted by molar-refractivity contribution is 6.74. The Labute approximate surface area is 201 Å². The molecule has 6 atom stereocenters. The molecule has 0 radical (unpaired) electrons. The van der Waals surface area contributed by atoms with Gasteiger partial charge >= 0.3 is 0 Å². The largest absolute Gasteiger partial charge is 0.403 e. The Morgan fingerprint density at radius 2 is 1.82 bits per heavy atom. The Morgan fingerprint density at radius 1 is 1.15 bits per heavy atom. The molecule has 33 heavy (non-hydrogen) atoms. The molecular weight excluding hydrogens is 428 g/mol. The lowest BCUT2D eigenvalue weighted by Crippen LogP contribution is -2.67. The van der Waals surface area contributed by atoms with Gasteiger partial charge in [0.1, 0.15) is 6.10 Å². The predicted octanol–water partition coefficient (Wildman–Crippen LogP) is 5.41. The highest BCUT2D eigenvalue weighted by atomic mass is 28.4. The Kier molecular flexibility index (Phi) is 7.16. The van der Waals surface area contributed by atoms with Gasteiger partial charge in [-0.2, -0.15) is 0 Å². The first kappa shape index (κ1) is 24.9. The molecule has 1 spiro atoms. The topological polar surface area (TPSA) is 47.9 Å². The second-order valence-corrected chi connectivity index (χ2v) is 16.5. The molecule has 0 aromatic heterocycles. The fourth-order valence-corrected chi connectivity index (χ4v) is 7.03. The molecule has 1 aliphatic heterocycles. The van der Waals surface area contributed by atoms with Gasteiger partial charge in [0.25, 0.3) is 0 Å². The second kappa shape index (κ2) is 9.47. The summed E-state index contributed by atoms with van der Waals surface area (Å²) in [5.41, 5.74) is 1.31. The van der Waals surface area contributed by atoms with Crippen LogP contribution in [0.25, 0.3) is 0 Å². The van der Waals surface area contributed by atoms with Gasteiger partial charge in [0.15, 0.2) is 14.1 Å². The van der Waals surface area contributed by atoms with Crippen LogP contribution in [0.1, 0.15) is 52.5 Å². The Balaban J connectivity index is 1.53. The second-order valence-electron chi connectivity index (χ2n) is 11.7. The SMILES string of the molecule is CC1[C@@H]2[C@@H](C#C[C@H](CCc3ccccc3)O[Si](C)(C)C(C)(C)C)[C@H](O)CC[C@@H]2C12OCCO2. The number of benzene rings is 1. The van der Waals surface area contributed by atoms with Gasteiger partial charge in [-0.25, -0.2) is 0 Å². The van der Waals surface area contributed by atoms with E-state index < -0.39 is 14.1 Å². The van der Waals surface area contributed by atoms with E-state index in [2.05, 4.69) is 83.0 Å². The molecule has 1 aromatic rings. The zero-order valence-corrected chi connectivity index (χ0v) is 22.3. The van der Waals surface area contributed by atoms with Gasteiger partial charge in [0.05, 0.1) is 25.2 Å². The average Bonchev–Trinajstić information content (AvgIpc) is 3.28. The summed E-state index contributed by atoms with van der Waals surface area (Å²) < 4.78 is 19.0. The summed E-state index contributed by atoms with van der Waals surface area (Å²) in [6.07, 6.45) is 3.01. The molecule has 0 amide bonds. The third kappa shape index (κ3) is 4.83. The van der Waals surface area contributed by atoms with Crippen molar-refractivity contribution in [2.45, 2.75) is 89.5 Å². The van der Waals surface area contributed by atoms with Crippen LogP contribution in [-0.2, 0) is 20.3 Å². The summed E-state index contributed by atoms with van der Waals surface area (Å²) in [7, 11) is -1.97. The highest BCUT2D eigenvalue weighted by Gasteiger charge is 2.67. The highest BCUT2D eigenvalue weighted by Crippen LogP contribution is 2.61. The zero-order chi connectivity index (χ0) is 23.9. The smallest absolute Gasteiger partial charge is 0.193 e. The molecule has 1 unspecified atom stereocenters. The van der Waals surface area contributed by atoms with Crippen molar-refractivity contribution in [3.63, 3.8) is 0 Å². The number of hydrogen-bond acceptors (Lipinski definition) is 4. The zero-order valence-electron chi connectivity index (χ0n) is 21.3. The Hall–Kier alpha value is -1.16. The molecule has 3 aliphatic rings. The molecule has 3 fully saturated rings. The average molecular weight is 471 g/mol. The Bertz CT molecular complexity index is 859. The lowest BCUT2D eigenvalue weighted by atomic mass is 9.50. The molecule has 4 rings (SSSR count). The van der Waals surface area contributed by atoms with Crippen molar-refractivity contribution in [3.05, 3.63) is 35.9 Å². The van der Waals surface area contributed by atoms with Gasteiger partial charge in [0.2, 0.25) is 0 Å². The van der Waals surface area contributed by atoms with Crippen LogP contribution in [0.2, 0.25) is 18.1 Å². The van der Waals surface area contributed by atoms with Crippen LogP contribution in [0.5, 0.6) is 0 Å². The molecule has 4 nitrogen and oxygen atoms in total. The van der Waals surface area contributed by atoms with Crippen LogP contribution in [0, 0.1) is 35.5 Å². The van der Waals surface area contributed by atoms with E-state index in [1.165, 1.54) is 5.56 Å². The van der Waals surface area contributed by atoms with E-state index in [4.69, 9.17) is 13.9 Å². The van der Waals surface area contributed by atoms with E-state index in [0.717, 1.165) is 25.7 Å². The minimum atomic E-state index is -1.97. The van der Waals surface area contributed by atoms with Gasteiger partial charge in [-0.15, -0.1) is 0 Å². The lowest BCUT2D eigenvalue weighted by molar-refractivity contribution is -0.334. The summed E-state index contributed by atoms with van der Waals surface area (Å²) in [6, 6.07) is 10.6. The molecule has 2 saturated carbocycles. The fraction of sp³-hybridized carbons (Fsp3) is 0.714. The van der Waals surface area contributed by atoms with Crippen LogP contribution in [0.3, 0.4) is 0 Å². The van der Waals surface area contributed by atoms with Gasteiger partial charge in [-0.3, -0.25) is 0 Å². The van der Waals surface area contributed by atoms with E-state index in [9.17, 15) is 5.11 Å². The minimum Gasteiger partial charge on any atom is -0.403 e. The molecule has 182 valence electrons. The van der Waals surface area contributed by atoms with Crippen molar-refractivity contribution >= 4 is 8.32 Å². The van der Waals surface area contributed by atoms with Crippen LogP contribution in [0.4, 0.5) is 0 Å². The summed E-state index contributed by atoms with van der Waals surface area (Å²) in [4.78, 5) is 0. The molecule has 0 bridgehead atoms. The minimum absolute atomic E-state index is 0.0422. The number of aliphatic hydroxyl groups excluding tert-OH is 1. The number of fused-ring (bicyclic) bond motifs is 2. The number of aliphatic hydroxyl groups is 1. The molecule has 1 aromatic carbocycles. The van der Waals surface area contributed by atoms with Crippen LogP contribution in [-0.4, -0.2) is 44.6 Å². The van der Waals surface area contributed by atoms with Crippen molar-refractivity contribution in [1.82, 2.24) is 0 Å². The van der Waals surface area contributed by atoms with Gasteiger partial charge in [-0.05, 0) is 55.3 Å². The van der Waals surface area contributed by atoms with Gasteiger partial charge < -0.3 is 19.0 Å². The first-order chi connectivity index (χ1) is 15.6. The number of ether oxygens (including phenoxy) is 2. The predicted molar refractivity (Wildman–Crippen MR) is 134 cm³/mol. The van der Waals surface area contributed by atoms with Crippen LogP contribution >= 0.6 is 0 Å². The van der Waals surface area contributed by atoms with Crippen molar-refractivity contribution in [2.75, 3.05) is 13.2 Å². The van der Waals surface area contributed by atoms with Crippen molar-refractivity contribution in [2.24, 2.45) is 23.7 Å². The van der Waals surface area contributed by atoms with Gasteiger partial charge in [-0.1, -0.05) is 69.9 Å². The van der Waals surface area contributed by atoms with Crippen molar-refractivity contribution < 1.29 is 19.0 Å². The quantitative estimate of drug-likeness (QED) is 0.462. The monoisotopic (exact) mass is 470 g/mol. The molecule has 1 heterocycles. The van der Waals surface area contributed by atoms with Gasteiger partial charge in [0, 0.05) is 11.8 Å². The van der Waals surface area contributed by atoms with E-state index in [-0.39, 0.29) is 29.1 Å². The maximum Gasteiger partial charge on any atom is 0.193 e. The number of aryl methyl sites for hydroxylation is 1. The molecule has 2 aliphatic carbocycles. The van der Waals surface area contributed by atoms with Crippen LogP contribution in [0.15, 0.2) is 30.3 Å². The van der Waals surface area contributed by atoms with Crippen molar-refractivity contribution in [3.8, 4) is 11.8 Å². The first-order valence-corrected chi connectivity index (χ1v) is 15.6. The number of hydrogen-bond donors (Lipinski definition) is 1. The van der Waals surface area contributed by atoms with E-state index >= 15 is 0 Å². The summed E-state index contributed by atoms with van der Waals surface area (Å²) in [6.45, 7) is 15.0. The number of rotatable bonds is 5. The lowest BCUT2D eigenvalue weighted by Gasteiger charge is -2.61. The third-order valence-corrected chi connectivity index (χ3v) is 13.2. The molecular formula is C28H42O4Si. The van der Waals surface area contributed by atoms with Crippen molar-refractivity contribution in [1.29, 1.82) is 0 Å². The molecule has 1 saturated heterocycles. The normalized spacial score (nSPS) is 31.9. The van der Waals surface area contributed by atoms with E-state index in [1.54, 1.807) is 0 Å². The van der Waals surface area contributed by atoms with E-state index in [0.29, 0.717) is 25.0 Å². The maximum absolute atomic E-state index is 10.9. The summed E-state index contributed by atoms with van der Waals surface area (Å²) in [5.74, 6) is 7.49. The first-order valence-electron chi connectivity index (χ1n) is 12.7. The fourth-order valence-electron chi connectivity index (χ4n) is 5.78. The Morgan fingerprint density at radius 3 is 2.45 bits per heavy atom. The summed E-state index contributed by atoms with van der Waals surface area (Å²) in [5, 5.41) is 11.0. The standard InChI is InChI=1S/C28H42O4Si/c1-20-26-23(25(29)17-16-24(26)28(20)30-18-19-31-28)15-14-22(32-33(5,6)27(2,3)4)13-12-21-10-8-7-9-11-21/h7-11,20,22-26,29H,12-13,16-19H2,1-6H3/t20?,22-,23-,24-,25+,26+/m0/s1. The third-order valence-electron chi connectivity index (χ3n) is 8.73. The maximum atomic E-state index is 10.9.